The van der Waals surface area contributed by atoms with Gasteiger partial charge in [0.2, 0.25) is 5.91 Å². The molecule has 0 unspecified atom stereocenters. The number of amides is 1. The van der Waals surface area contributed by atoms with Crippen LogP contribution in [-0.2, 0) is 11.2 Å². The number of rotatable bonds is 3. The van der Waals surface area contributed by atoms with Crippen molar-refractivity contribution in [1.29, 1.82) is 0 Å². The standard InChI is InChI=1S/C14H13BrN2O2/c15-10-3-1-9(2-4-10)7-14(19)17-13-6-5-11(18)8-12(13)16/h1-6,8,18H,7,16H2,(H,17,19). The van der Waals surface area contributed by atoms with E-state index in [2.05, 4.69) is 21.2 Å². The maximum absolute atomic E-state index is 11.9. The molecule has 0 aliphatic heterocycles. The number of nitrogens with two attached hydrogens (primary N) is 1. The Morgan fingerprint density at radius 2 is 1.89 bits per heavy atom. The molecule has 0 aliphatic rings. The molecule has 0 radical (unpaired) electrons. The van der Waals surface area contributed by atoms with Crippen LogP contribution in [0.5, 0.6) is 5.75 Å². The lowest BCUT2D eigenvalue weighted by Gasteiger charge is -2.08. The molecule has 2 aromatic rings. The largest absolute Gasteiger partial charge is 0.508 e. The first-order valence-electron chi connectivity index (χ1n) is 5.67. The van der Waals surface area contributed by atoms with E-state index in [-0.39, 0.29) is 18.1 Å². The number of hydrogen-bond donors (Lipinski definition) is 3. The zero-order chi connectivity index (χ0) is 13.8. The summed E-state index contributed by atoms with van der Waals surface area (Å²) in [4.78, 5) is 11.9. The minimum Gasteiger partial charge on any atom is -0.508 e. The number of hydrogen-bond acceptors (Lipinski definition) is 3. The summed E-state index contributed by atoms with van der Waals surface area (Å²) in [6.45, 7) is 0. The first kappa shape index (κ1) is 13.4. The Morgan fingerprint density at radius 1 is 1.21 bits per heavy atom. The lowest BCUT2D eigenvalue weighted by Crippen LogP contribution is -2.15. The monoisotopic (exact) mass is 320 g/mol. The highest BCUT2D eigenvalue weighted by molar-refractivity contribution is 9.10. The summed E-state index contributed by atoms with van der Waals surface area (Å²) < 4.78 is 0.972. The number of halogens is 1. The van der Waals surface area contributed by atoms with Gasteiger partial charge in [0.1, 0.15) is 5.75 Å². The number of carbonyl (C=O) groups excluding carboxylic acids is 1. The molecular formula is C14H13BrN2O2. The number of benzene rings is 2. The molecule has 1 amide bonds. The highest BCUT2D eigenvalue weighted by Crippen LogP contribution is 2.23. The van der Waals surface area contributed by atoms with Crippen molar-refractivity contribution >= 4 is 33.2 Å². The number of nitrogens with one attached hydrogen (secondary N) is 1. The summed E-state index contributed by atoms with van der Waals surface area (Å²) in [6.07, 6.45) is 0.271. The van der Waals surface area contributed by atoms with E-state index in [1.165, 1.54) is 12.1 Å². The minimum absolute atomic E-state index is 0.0726. The second-order valence-corrected chi connectivity index (χ2v) is 5.04. The predicted octanol–water partition coefficient (Wildman–Crippen LogP) is 2.92. The van der Waals surface area contributed by atoms with Crippen molar-refractivity contribution < 1.29 is 9.90 Å². The second kappa shape index (κ2) is 5.75. The van der Waals surface area contributed by atoms with Gasteiger partial charge in [0.25, 0.3) is 0 Å². The van der Waals surface area contributed by atoms with Gasteiger partial charge in [-0.2, -0.15) is 0 Å². The van der Waals surface area contributed by atoms with E-state index < -0.39 is 0 Å². The first-order valence-corrected chi connectivity index (χ1v) is 6.46. The van der Waals surface area contributed by atoms with Crippen molar-refractivity contribution in [3.8, 4) is 5.75 Å². The van der Waals surface area contributed by atoms with Crippen LogP contribution in [0.2, 0.25) is 0 Å². The molecule has 0 atom stereocenters. The lowest BCUT2D eigenvalue weighted by molar-refractivity contribution is -0.115. The summed E-state index contributed by atoms with van der Waals surface area (Å²) in [5.74, 6) is -0.0804. The fourth-order valence-corrected chi connectivity index (χ4v) is 1.91. The molecule has 0 aromatic heterocycles. The first-order chi connectivity index (χ1) is 9.04. The molecule has 0 fully saturated rings. The van der Waals surface area contributed by atoms with Crippen molar-refractivity contribution in [1.82, 2.24) is 0 Å². The number of aromatic hydroxyl groups is 1. The molecule has 2 rings (SSSR count). The van der Waals surface area contributed by atoms with Crippen molar-refractivity contribution in [2.45, 2.75) is 6.42 Å². The Balaban J connectivity index is 2.03. The van der Waals surface area contributed by atoms with Crippen molar-refractivity contribution in [2.75, 3.05) is 11.1 Å². The SMILES string of the molecule is Nc1cc(O)ccc1NC(=O)Cc1ccc(Br)cc1. The van der Waals surface area contributed by atoms with Crippen LogP contribution in [-0.4, -0.2) is 11.0 Å². The molecule has 98 valence electrons. The van der Waals surface area contributed by atoms with E-state index in [1.54, 1.807) is 6.07 Å². The van der Waals surface area contributed by atoms with Crippen LogP contribution >= 0.6 is 15.9 Å². The van der Waals surface area contributed by atoms with Crippen LogP contribution in [0.4, 0.5) is 11.4 Å². The molecule has 0 saturated heterocycles. The Bertz CT molecular complexity index is 597. The third kappa shape index (κ3) is 3.72. The van der Waals surface area contributed by atoms with Gasteiger partial charge in [-0.15, -0.1) is 0 Å². The molecule has 19 heavy (non-hydrogen) atoms. The Kier molecular flexibility index (Phi) is 4.06. The average Bonchev–Trinajstić information content (AvgIpc) is 2.36. The summed E-state index contributed by atoms with van der Waals surface area (Å²) in [6, 6.07) is 12.0. The number of anilines is 2. The highest BCUT2D eigenvalue weighted by atomic mass is 79.9. The lowest BCUT2D eigenvalue weighted by atomic mass is 10.1. The van der Waals surface area contributed by atoms with Crippen LogP contribution in [0.25, 0.3) is 0 Å². The van der Waals surface area contributed by atoms with Crippen molar-refractivity contribution in [3.63, 3.8) is 0 Å². The van der Waals surface area contributed by atoms with Gasteiger partial charge >= 0.3 is 0 Å². The number of nitrogen functional groups attached to an aromatic ring is 1. The average molecular weight is 321 g/mol. The zero-order valence-corrected chi connectivity index (χ0v) is 11.6. The summed E-state index contributed by atoms with van der Waals surface area (Å²) in [5, 5.41) is 11.9. The van der Waals surface area contributed by atoms with Gasteiger partial charge in [-0.1, -0.05) is 28.1 Å². The Labute approximate surface area is 119 Å². The molecule has 0 saturated carbocycles. The smallest absolute Gasteiger partial charge is 0.228 e. The van der Waals surface area contributed by atoms with Crippen LogP contribution in [0.15, 0.2) is 46.9 Å². The molecule has 0 aliphatic carbocycles. The van der Waals surface area contributed by atoms with Crippen LogP contribution in [0.3, 0.4) is 0 Å². The van der Waals surface area contributed by atoms with Crippen LogP contribution in [0.1, 0.15) is 5.56 Å². The third-order valence-corrected chi connectivity index (χ3v) is 3.12. The van der Waals surface area contributed by atoms with E-state index in [9.17, 15) is 9.90 Å². The van der Waals surface area contributed by atoms with E-state index in [4.69, 9.17) is 5.73 Å². The topological polar surface area (TPSA) is 75.3 Å². The third-order valence-electron chi connectivity index (χ3n) is 2.59. The number of phenolic OH excluding ortho intramolecular Hbond substituents is 1. The number of phenols is 1. The van der Waals surface area contributed by atoms with Gasteiger partial charge in [-0.3, -0.25) is 4.79 Å². The Hall–Kier alpha value is -2.01. The van der Waals surface area contributed by atoms with Crippen molar-refractivity contribution in [3.05, 3.63) is 52.5 Å². The Morgan fingerprint density at radius 3 is 2.53 bits per heavy atom. The molecular weight excluding hydrogens is 308 g/mol. The molecule has 4 N–H and O–H groups in total. The molecule has 4 nitrogen and oxygen atoms in total. The maximum atomic E-state index is 11.9. The van der Waals surface area contributed by atoms with E-state index in [0.29, 0.717) is 11.4 Å². The summed E-state index contributed by atoms with van der Waals surface area (Å²) in [5.41, 5.74) is 7.45. The summed E-state index contributed by atoms with van der Waals surface area (Å²) in [7, 11) is 0. The fourth-order valence-electron chi connectivity index (χ4n) is 1.65. The van der Waals surface area contributed by atoms with Crippen LogP contribution in [0, 0.1) is 0 Å². The van der Waals surface area contributed by atoms with Gasteiger partial charge in [0, 0.05) is 10.5 Å². The van der Waals surface area contributed by atoms with Gasteiger partial charge in [0.15, 0.2) is 0 Å². The predicted molar refractivity (Wildman–Crippen MR) is 79.0 cm³/mol. The fraction of sp³-hybridized carbons (Fsp3) is 0.0714. The van der Waals surface area contributed by atoms with Gasteiger partial charge in [0.05, 0.1) is 17.8 Å². The van der Waals surface area contributed by atoms with E-state index >= 15 is 0 Å². The number of carbonyl (C=O) groups is 1. The highest BCUT2D eigenvalue weighted by Gasteiger charge is 2.07. The quantitative estimate of drug-likeness (QED) is 0.601. The normalized spacial score (nSPS) is 10.2. The molecule has 0 spiro atoms. The minimum atomic E-state index is -0.153. The molecule has 5 heteroatoms. The molecule has 0 heterocycles. The van der Waals surface area contributed by atoms with Gasteiger partial charge in [-0.05, 0) is 29.8 Å². The van der Waals surface area contributed by atoms with E-state index in [0.717, 1.165) is 10.0 Å². The molecule has 0 bridgehead atoms. The van der Waals surface area contributed by atoms with Crippen molar-refractivity contribution in [2.24, 2.45) is 0 Å². The molecule has 2 aromatic carbocycles. The van der Waals surface area contributed by atoms with Crippen LogP contribution < -0.4 is 11.1 Å². The maximum Gasteiger partial charge on any atom is 0.228 e. The van der Waals surface area contributed by atoms with Gasteiger partial charge < -0.3 is 16.2 Å². The van der Waals surface area contributed by atoms with E-state index in [1.807, 2.05) is 24.3 Å². The second-order valence-electron chi connectivity index (χ2n) is 4.12. The van der Waals surface area contributed by atoms with Gasteiger partial charge in [-0.25, -0.2) is 0 Å². The summed E-state index contributed by atoms with van der Waals surface area (Å²) >= 11 is 3.34. The zero-order valence-electron chi connectivity index (χ0n) is 10.1.